The molecule has 1 aromatic carbocycles. The van der Waals surface area contributed by atoms with Gasteiger partial charge in [-0.15, -0.1) is 0 Å². The van der Waals surface area contributed by atoms with Crippen LogP contribution in [0.25, 0.3) is 17.2 Å². The number of ketones is 2. The van der Waals surface area contributed by atoms with Crippen molar-refractivity contribution in [3.63, 3.8) is 0 Å². The third kappa shape index (κ3) is 3.03. The third-order valence-corrected chi connectivity index (χ3v) is 4.74. The van der Waals surface area contributed by atoms with E-state index in [1.54, 1.807) is 24.3 Å². The molecule has 0 spiro atoms. The van der Waals surface area contributed by atoms with E-state index in [4.69, 9.17) is 0 Å². The van der Waals surface area contributed by atoms with Gasteiger partial charge in [0.25, 0.3) is 0 Å². The van der Waals surface area contributed by atoms with Gasteiger partial charge in [-0.25, -0.2) is 12.4 Å². The van der Waals surface area contributed by atoms with E-state index in [-0.39, 0.29) is 17.2 Å². The van der Waals surface area contributed by atoms with Crippen molar-refractivity contribution in [2.75, 3.05) is 11.6 Å². The fourth-order valence-corrected chi connectivity index (χ4v) is 3.48. The van der Waals surface area contributed by atoms with Crippen molar-refractivity contribution in [3.05, 3.63) is 47.8 Å². The molecule has 1 amide bonds. The van der Waals surface area contributed by atoms with Crippen LogP contribution in [0.4, 0.5) is 5.69 Å². The highest BCUT2D eigenvalue weighted by Gasteiger charge is 2.30. The molecule has 3 rings (SSSR count). The zero-order valence-corrected chi connectivity index (χ0v) is 14.3. The van der Waals surface area contributed by atoms with Gasteiger partial charge in [0.15, 0.2) is 0 Å². The Balaban J connectivity index is 2.19. The lowest BCUT2D eigenvalue weighted by atomic mass is 9.94. The van der Waals surface area contributed by atoms with Crippen molar-refractivity contribution in [3.8, 4) is 11.1 Å². The molecule has 0 bridgehead atoms. The lowest BCUT2D eigenvalue weighted by Crippen LogP contribution is -2.19. The van der Waals surface area contributed by atoms with Crippen LogP contribution >= 0.6 is 0 Å². The summed E-state index contributed by atoms with van der Waals surface area (Å²) in [5, 5.41) is 2.62. The molecule has 2 aromatic rings. The molecule has 0 atom stereocenters. The standard InChI is InChI=1S/C17H14N2O5S/c1-10(20)18-12-5-3-11(4-6-12)13-9-19(25(2,23)24)14-7-8-15(21)17(22)16(13)14/h3-9H,1-2H3,(H,18,20). The van der Waals surface area contributed by atoms with Crippen molar-refractivity contribution >= 4 is 39.3 Å². The maximum atomic E-state index is 12.3. The Labute approximate surface area is 144 Å². The molecule has 1 aliphatic rings. The number of nitrogens with zero attached hydrogens (tertiary/aromatic N) is 1. The van der Waals surface area contributed by atoms with Crippen molar-refractivity contribution < 1.29 is 22.8 Å². The summed E-state index contributed by atoms with van der Waals surface area (Å²) in [5.74, 6) is -1.67. The van der Waals surface area contributed by atoms with E-state index in [0.29, 0.717) is 16.8 Å². The zero-order valence-electron chi connectivity index (χ0n) is 13.4. The number of aromatic nitrogens is 1. The van der Waals surface area contributed by atoms with Crippen LogP contribution in [-0.4, -0.2) is 36.1 Å². The van der Waals surface area contributed by atoms with Crippen LogP contribution in [0.15, 0.2) is 36.5 Å². The Morgan fingerprint density at radius 1 is 1.08 bits per heavy atom. The number of fused-ring (bicyclic) bond motifs is 1. The van der Waals surface area contributed by atoms with Crippen LogP contribution in [0.1, 0.15) is 23.0 Å². The minimum Gasteiger partial charge on any atom is -0.326 e. The fraction of sp³-hybridized carbons (Fsp3) is 0.118. The lowest BCUT2D eigenvalue weighted by Gasteiger charge is -2.09. The van der Waals surface area contributed by atoms with Gasteiger partial charge in [0.2, 0.25) is 27.5 Å². The Morgan fingerprint density at radius 3 is 2.28 bits per heavy atom. The first-order valence-corrected chi connectivity index (χ1v) is 9.14. The predicted molar refractivity (Wildman–Crippen MR) is 92.8 cm³/mol. The molecule has 0 saturated carbocycles. The number of hydrogen-bond donors (Lipinski definition) is 1. The van der Waals surface area contributed by atoms with Gasteiger partial charge >= 0.3 is 0 Å². The molecule has 7 nitrogen and oxygen atoms in total. The van der Waals surface area contributed by atoms with Gasteiger partial charge in [-0.1, -0.05) is 12.1 Å². The van der Waals surface area contributed by atoms with Gasteiger partial charge in [-0.2, -0.15) is 0 Å². The molecule has 1 N–H and O–H groups in total. The van der Waals surface area contributed by atoms with Crippen molar-refractivity contribution in [2.24, 2.45) is 0 Å². The van der Waals surface area contributed by atoms with Crippen LogP contribution in [-0.2, 0) is 19.6 Å². The zero-order chi connectivity index (χ0) is 18.4. The smallest absolute Gasteiger partial charge is 0.236 e. The summed E-state index contributed by atoms with van der Waals surface area (Å²) in [4.78, 5) is 35.1. The summed E-state index contributed by atoms with van der Waals surface area (Å²) >= 11 is 0. The quantitative estimate of drug-likeness (QED) is 0.842. The first-order valence-electron chi connectivity index (χ1n) is 7.29. The summed E-state index contributed by atoms with van der Waals surface area (Å²) in [6.45, 7) is 1.38. The SMILES string of the molecule is CC(=O)Nc1ccc(-c2cn(S(C)(=O)=O)c3c2C(=O)C(=O)C=C3)cc1. The van der Waals surface area contributed by atoms with Gasteiger partial charge in [0, 0.05) is 24.4 Å². The van der Waals surface area contributed by atoms with Crippen LogP contribution in [0.5, 0.6) is 0 Å². The minimum atomic E-state index is -3.65. The molecular formula is C17H14N2O5S. The van der Waals surface area contributed by atoms with E-state index in [9.17, 15) is 22.8 Å². The van der Waals surface area contributed by atoms with Crippen LogP contribution < -0.4 is 5.32 Å². The molecule has 0 radical (unpaired) electrons. The molecule has 1 aromatic heterocycles. The van der Waals surface area contributed by atoms with Gasteiger partial charge in [-0.05, 0) is 29.8 Å². The van der Waals surface area contributed by atoms with Crippen LogP contribution in [0.3, 0.4) is 0 Å². The highest BCUT2D eigenvalue weighted by Crippen LogP contribution is 2.33. The summed E-state index contributed by atoms with van der Waals surface area (Å²) < 4.78 is 25.0. The fourth-order valence-electron chi connectivity index (χ4n) is 2.68. The second-order valence-electron chi connectivity index (χ2n) is 5.65. The van der Waals surface area contributed by atoms with E-state index in [0.717, 1.165) is 16.3 Å². The molecule has 1 aliphatic carbocycles. The number of hydrogen-bond acceptors (Lipinski definition) is 5. The van der Waals surface area contributed by atoms with Crippen molar-refractivity contribution in [2.45, 2.75) is 6.92 Å². The maximum Gasteiger partial charge on any atom is 0.236 e. The van der Waals surface area contributed by atoms with E-state index in [1.165, 1.54) is 19.2 Å². The Morgan fingerprint density at radius 2 is 1.72 bits per heavy atom. The van der Waals surface area contributed by atoms with Gasteiger partial charge in [0.1, 0.15) is 0 Å². The third-order valence-electron chi connectivity index (χ3n) is 3.73. The molecule has 128 valence electrons. The highest BCUT2D eigenvalue weighted by molar-refractivity contribution is 7.89. The van der Waals surface area contributed by atoms with E-state index in [1.807, 2.05) is 0 Å². The largest absolute Gasteiger partial charge is 0.326 e. The molecule has 0 aliphatic heterocycles. The number of nitrogens with one attached hydrogen (secondary N) is 1. The monoisotopic (exact) mass is 358 g/mol. The molecule has 0 fully saturated rings. The number of carbonyl (C=O) groups excluding carboxylic acids is 3. The molecule has 0 unspecified atom stereocenters. The summed E-state index contributed by atoms with van der Waals surface area (Å²) in [6, 6.07) is 6.55. The number of carbonyl (C=O) groups is 3. The average molecular weight is 358 g/mol. The number of anilines is 1. The first kappa shape index (κ1) is 16.8. The van der Waals surface area contributed by atoms with Gasteiger partial charge < -0.3 is 5.32 Å². The van der Waals surface area contributed by atoms with Crippen molar-refractivity contribution in [1.29, 1.82) is 0 Å². The number of allylic oxidation sites excluding steroid dienone is 1. The average Bonchev–Trinajstić information content (AvgIpc) is 2.91. The lowest BCUT2D eigenvalue weighted by molar-refractivity contribution is -0.114. The Hall–Kier alpha value is -3.00. The number of rotatable bonds is 3. The van der Waals surface area contributed by atoms with E-state index in [2.05, 4.69) is 5.32 Å². The number of benzene rings is 1. The molecular weight excluding hydrogens is 344 g/mol. The summed E-state index contributed by atoms with van der Waals surface area (Å²) in [6.07, 6.45) is 4.74. The highest BCUT2D eigenvalue weighted by atomic mass is 32.2. The topological polar surface area (TPSA) is 102 Å². The predicted octanol–water partition coefficient (Wildman–Crippen LogP) is 1.70. The second-order valence-corrected chi connectivity index (χ2v) is 7.51. The number of Topliss-reactive ketones (excluding diaryl/α,β-unsaturated/α-hetero) is 1. The molecule has 0 saturated heterocycles. The first-order chi connectivity index (χ1) is 11.7. The van der Waals surface area contributed by atoms with Crippen LogP contribution in [0.2, 0.25) is 0 Å². The van der Waals surface area contributed by atoms with E-state index >= 15 is 0 Å². The molecule has 1 heterocycles. The van der Waals surface area contributed by atoms with Gasteiger partial charge in [0.05, 0.1) is 17.5 Å². The van der Waals surface area contributed by atoms with Gasteiger partial charge in [-0.3, -0.25) is 14.4 Å². The number of amides is 1. The summed E-state index contributed by atoms with van der Waals surface area (Å²) in [7, 11) is -3.65. The van der Waals surface area contributed by atoms with Crippen LogP contribution in [0, 0.1) is 0 Å². The second kappa shape index (κ2) is 5.82. The maximum absolute atomic E-state index is 12.3. The Bertz CT molecular complexity index is 1040. The minimum absolute atomic E-state index is 0.0604. The van der Waals surface area contributed by atoms with Crippen molar-refractivity contribution in [1.82, 2.24) is 3.97 Å². The normalized spacial score (nSPS) is 13.7. The molecule has 8 heteroatoms. The van der Waals surface area contributed by atoms with E-state index < -0.39 is 21.6 Å². The summed E-state index contributed by atoms with van der Waals surface area (Å²) in [5.41, 5.74) is 1.69. The molecule has 25 heavy (non-hydrogen) atoms. The Kier molecular flexibility index (Phi) is 3.92.